The maximum atomic E-state index is 11.9. The number of unbranched alkanes of at least 4 members (excludes halogenated alkanes) is 3. The summed E-state index contributed by atoms with van der Waals surface area (Å²) >= 11 is 2.84. The lowest BCUT2D eigenvalue weighted by molar-refractivity contribution is -0.136. The van der Waals surface area contributed by atoms with Gasteiger partial charge in [0.2, 0.25) is 27.7 Å². The van der Waals surface area contributed by atoms with Gasteiger partial charge in [0, 0.05) is 29.0 Å². The summed E-state index contributed by atoms with van der Waals surface area (Å²) in [6.07, 6.45) is 11.6. The first-order valence-electron chi connectivity index (χ1n) is 20.3. The molecule has 2 saturated carbocycles. The van der Waals surface area contributed by atoms with Crippen molar-refractivity contribution in [2.45, 2.75) is 109 Å². The number of alkyl carbamates (subject to hydrolysis) is 1. The van der Waals surface area contributed by atoms with Crippen molar-refractivity contribution in [1.82, 2.24) is 24.9 Å². The normalized spacial score (nSPS) is 19.1. The SMILES string of the molecule is CC(C)(C)OC(=O)NCC(=O)N1CCC[C@H]1C(N)=O.CCCCC/C=C\C1C[C@@H]1C(=O)NS(=O)(=O)C1(C)CC1.O=c1[nH]c2cccc(-c3nc(-c4ccccc4)cs3)c2s1. The van der Waals surface area contributed by atoms with Crippen LogP contribution in [0.5, 0.6) is 0 Å². The quantitative estimate of drug-likeness (QED) is 0.0794. The van der Waals surface area contributed by atoms with E-state index >= 15 is 0 Å². The van der Waals surface area contributed by atoms with Gasteiger partial charge in [-0.1, -0.05) is 85.7 Å². The van der Waals surface area contributed by atoms with E-state index in [2.05, 4.69) is 39.5 Å². The van der Waals surface area contributed by atoms with Crippen LogP contribution in [0.25, 0.3) is 32.0 Å². The van der Waals surface area contributed by atoms with Crippen molar-refractivity contribution in [3.05, 3.63) is 75.7 Å². The number of allylic oxidation sites excluding steroid dienone is 2. The summed E-state index contributed by atoms with van der Waals surface area (Å²) in [4.78, 5) is 66.8. The molecular weight excluding hydrogens is 825 g/mol. The highest BCUT2D eigenvalue weighted by atomic mass is 32.2. The molecule has 1 saturated heterocycles. The van der Waals surface area contributed by atoms with E-state index < -0.39 is 38.4 Å². The number of H-pyrrole nitrogens is 1. The number of carbonyl (C=O) groups excluding carboxylic acids is 4. The molecule has 4 aromatic rings. The van der Waals surface area contributed by atoms with Crippen LogP contribution < -0.4 is 20.6 Å². The summed E-state index contributed by atoms with van der Waals surface area (Å²) in [7, 11) is -3.47. The Hall–Kier alpha value is -4.87. The van der Waals surface area contributed by atoms with Gasteiger partial charge in [-0.2, -0.15) is 0 Å². The first-order valence-corrected chi connectivity index (χ1v) is 23.5. The van der Waals surface area contributed by atoms with Crippen LogP contribution in [-0.2, 0) is 29.1 Å². The summed E-state index contributed by atoms with van der Waals surface area (Å²) in [5.74, 6) is -1.06. The summed E-state index contributed by atoms with van der Waals surface area (Å²) in [5, 5.41) is 5.36. The van der Waals surface area contributed by atoms with E-state index in [0.29, 0.717) is 25.8 Å². The van der Waals surface area contributed by atoms with E-state index in [4.69, 9.17) is 15.5 Å². The number of hydrogen-bond donors (Lipinski definition) is 4. The molecule has 17 heteroatoms. The Morgan fingerprint density at radius 3 is 2.48 bits per heavy atom. The average molecular weight is 881 g/mol. The number of primary amides is 1. The topological polar surface area (TPSA) is 211 Å². The molecule has 324 valence electrons. The minimum atomic E-state index is -3.47. The van der Waals surface area contributed by atoms with E-state index in [9.17, 15) is 32.4 Å². The lowest BCUT2D eigenvalue weighted by Gasteiger charge is -2.23. The number of rotatable bonds is 13. The van der Waals surface area contributed by atoms with Gasteiger partial charge < -0.3 is 25.7 Å². The second kappa shape index (κ2) is 20.1. The summed E-state index contributed by atoms with van der Waals surface area (Å²) < 4.78 is 31.4. The Balaban J connectivity index is 0.000000171. The Morgan fingerprint density at radius 1 is 1.08 bits per heavy atom. The standard InChI is InChI=1S/C16H10N2OS2.C15H25NO3S.C12H21N3O4/c19-16-18-12-8-4-7-11(14(12)21-16)15-17-13(9-20-15)10-5-2-1-3-6-10;1-3-4-5-6-7-8-12-11-13(12)14(17)16-20(18,19)15(2)9-10-15;1-12(2,3)19-11(18)14-7-9(16)15-6-4-5-8(15)10(13)17/h1-9H,(H,18,19);7-8,12-13H,3-6,9-11H2,1-2H3,(H,16,17);8H,4-7H2,1-3H3,(H2,13,17)(H,14,18)/b;8-7-;/t;12?,13-;8-/m.00/s1. The third-order valence-corrected chi connectivity index (χ3v) is 14.3. The fourth-order valence-electron chi connectivity index (χ4n) is 6.49. The second-order valence-electron chi connectivity index (χ2n) is 16.5. The van der Waals surface area contributed by atoms with Crippen molar-refractivity contribution >= 4 is 66.7 Å². The zero-order valence-electron chi connectivity index (χ0n) is 34.8. The minimum absolute atomic E-state index is 0.0303. The number of sulfonamides is 1. The number of nitrogens with zero attached hydrogens (tertiary/aromatic N) is 2. The molecule has 1 aliphatic heterocycles. The minimum Gasteiger partial charge on any atom is -0.444 e. The van der Waals surface area contributed by atoms with Gasteiger partial charge in [0.1, 0.15) is 23.2 Å². The van der Waals surface area contributed by atoms with Gasteiger partial charge in [-0.3, -0.25) is 23.9 Å². The maximum absolute atomic E-state index is 11.9. The van der Waals surface area contributed by atoms with Crippen LogP contribution in [0.2, 0.25) is 0 Å². The Bertz CT molecular complexity index is 2330. The van der Waals surface area contributed by atoms with Gasteiger partial charge in [-0.05, 0) is 84.6 Å². The zero-order chi connectivity index (χ0) is 43.7. The largest absolute Gasteiger partial charge is 0.444 e. The number of benzene rings is 2. The van der Waals surface area contributed by atoms with Gasteiger partial charge in [-0.15, -0.1) is 11.3 Å². The number of ether oxygens (including phenoxy) is 1. The van der Waals surface area contributed by atoms with Crippen molar-refractivity contribution < 1.29 is 32.3 Å². The highest BCUT2D eigenvalue weighted by Crippen LogP contribution is 2.44. The van der Waals surface area contributed by atoms with Gasteiger partial charge >= 0.3 is 11.0 Å². The number of nitrogens with two attached hydrogens (primary N) is 1. The Morgan fingerprint density at radius 2 is 1.82 bits per heavy atom. The van der Waals surface area contributed by atoms with Crippen LogP contribution in [0.4, 0.5) is 4.79 Å². The highest BCUT2D eigenvalue weighted by molar-refractivity contribution is 7.91. The summed E-state index contributed by atoms with van der Waals surface area (Å²) in [6, 6.07) is 15.4. The second-order valence-corrected chi connectivity index (χ2v) is 20.5. The number of carbonyl (C=O) groups is 4. The molecule has 0 radical (unpaired) electrons. The van der Waals surface area contributed by atoms with E-state index in [-0.39, 0.29) is 35.1 Å². The van der Waals surface area contributed by atoms with Crippen molar-refractivity contribution in [3.63, 3.8) is 0 Å². The van der Waals surface area contributed by atoms with Crippen molar-refractivity contribution in [2.24, 2.45) is 17.6 Å². The smallest absolute Gasteiger partial charge is 0.408 e. The fourth-order valence-corrected chi connectivity index (χ4v) is 9.57. The average Bonchev–Trinajstić information content (AvgIpc) is 3.91. The number of likely N-dealkylation sites (tertiary alicyclic amines) is 1. The van der Waals surface area contributed by atoms with Gasteiger partial charge in [0.05, 0.1) is 20.7 Å². The predicted octanol–water partition coefficient (Wildman–Crippen LogP) is 7.13. The molecular formula is C43H56N6O8S3. The van der Waals surface area contributed by atoms with E-state index in [1.165, 1.54) is 35.5 Å². The van der Waals surface area contributed by atoms with E-state index in [1.807, 2.05) is 48.5 Å². The molecule has 14 nitrogen and oxygen atoms in total. The van der Waals surface area contributed by atoms with Crippen LogP contribution in [0.3, 0.4) is 0 Å². The van der Waals surface area contributed by atoms with Crippen LogP contribution in [0.1, 0.15) is 92.4 Å². The van der Waals surface area contributed by atoms with Crippen LogP contribution >= 0.6 is 22.7 Å². The van der Waals surface area contributed by atoms with E-state index in [1.54, 1.807) is 39.0 Å². The van der Waals surface area contributed by atoms with Gasteiger partial charge in [-0.25, -0.2) is 18.2 Å². The highest BCUT2D eigenvalue weighted by Gasteiger charge is 2.52. The van der Waals surface area contributed by atoms with Crippen LogP contribution in [0, 0.1) is 11.8 Å². The molecule has 3 heterocycles. The molecule has 1 unspecified atom stereocenters. The number of thiazole rings is 2. The van der Waals surface area contributed by atoms with Crippen molar-refractivity contribution in [3.8, 4) is 21.8 Å². The number of fused-ring (bicyclic) bond motifs is 1. The lowest BCUT2D eigenvalue weighted by Crippen LogP contribution is -2.48. The first kappa shape index (κ1) is 46.2. The van der Waals surface area contributed by atoms with Crippen molar-refractivity contribution in [1.29, 1.82) is 0 Å². The van der Waals surface area contributed by atoms with Crippen molar-refractivity contribution in [2.75, 3.05) is 13.1 Å². The first-order chi connectivity index (χ1) is 28.4. The molecule has 3 aliphatic rings. The molecule has 0 spiro atoms. The summed E-state index contributed by atoms with van der Waals surface area (Å²) in [6.45, 7) is 9.36. The predicted molar refractivity (Wildman–Crippen MR) is 237 cm³/mol. The molecule has 2 aromatic heterocycles. The Kier molecular flexibility index (Phi) is 15.5. The fraction of sp³-hybridized carbons (Fsp3) is 0.488. The number of hydrogen-bond acceptors (Lipinski definition) is 11. The molecule has 2 aliphatic carbocycles. The Labute approximate surface area is 359 Å². The summed E-state index contributed by atoms with van der Waals surface area (Å²) in [5.41, 5.74) is 8.57. The molecule has 4 amide bonds. The molecule has 0 bridgehead atoms. The monoisotopic (exact) mass is 880 g/mol. The third kappa shape index (κ3) is 12.8. The van der Waals surface area contributed by atoms with Crippen LogP contribution in [0.15, 0.2) is 70.9 Å². The number of aromatic nitrogens is 2. The number of nitrogens with one attached hydrogen (secondary N) is 3. The third-order valence-electron chi connectivity index (χ3n) is 10.3. The molecule has 7 rings (SSSR count). The molecule has 3 atom stereocenters. The maximum Gasteiger partial charge on any atom is 0.408 e. The van der Waals surface area contributed by atoms with E-state index in [0.717, 1.165) is 51.3 Å². The molecule has 2 aromatic carbocycles. The molecule has 5 N–H and O–H groups in total. The zero-order valence-corrected chi connectivity index (χ0v) is 37.3. The number of amides is 4. The number of aromatic amines is 1. The van der Waals surface area contributed by atoms with Crippen LogP contribution in [-0.4, -0.2) is 76.6 Å². The molecule has 3 fully saturated rings. The lowest BCUT2D eigenvalue weighted by atomic mass is 10.2. The van der Waals surface area contributed by atoms with Gasteiger partial charge in [0.25, 0.3) is 0 Å². The van der Waals surface area contributed by atoms with Gasteiger partial charge in [0.15, 0.2) is 0 Å². The molecule has 60 heavy (non-hydrogen) atoms.